The smallest absolute Gasteiger partial charge is 0.182 e. The standard InChI is InChI=1S/C9H14N4O/c1-13-8(6-11-12-13)9(14)4-7-2-3-10-5-7/h6-7,10H,2-5H2,1H3. The summed E-state index contributed by atoms with van der Waals surface area (Å²) in [5, 5.41) is 10.7. The van der Waals surface area contributed by atoms with Crippen molar-refractivity contribution in [3.8, 4) is 0 Å². The SMILES string of the molecule is Cn1nncc1C(=O)CC1CCNC1. The van der Waals surface area contributed by atoms with E-state index in [0.717, 1.165) is 19.5 Å². The molecule has 1 fully saturated rings. The molecule has 0 aromatic carbocycles. The fraction of sp³-hybridized carbons (Fsp3) is 0.667. The van der Waals surface area contributed by atoms with Gasteiger partial charge in [-0.25, -0.2) is 4.68 Å². The molecule has 0 bridgehead atoms. The van der Waals surface area contributed by atoms with Gasteiger partial charge in [0.05, 0.1) is 6.20 Å². The highest BCUT2D eigenvalue weighted by Crippen LogP contribution is 2.15. The van der Waals surface area contributed by atoms with Crippen LogP contribution in [-0.2, 0) is 7.05 Å². The van der Waals surface area contributed by atoms with Gasteiger partial charge in [0.15, 0.2) is 5.78 Å². The van der Waals surface area contributed by atoms with Crippen molar-refractivity contribution in [2.45, 2.75) is 12.8 Å². The third-order valence-electron chi connectivity index (χ3n) is 2.64. The number of carbonyl (C=O) groups is 1. The van der Waals surface area contributed by atoms with Crippen molar-refractivity contribution in [2.75, 3.05) is 13.1 Å². The van der Waals surface area contributed by atoms with E-state index in [0.29, 0.717) is 18.0 Å². The molecule has 0 saturated carbocycles. The number of nitrogens with one attached hydrogen (secondary N) is 1. The van der Waals surface area contributed by atoms with E-state index in [-0.39, 0.29) is 5.78 Å². The minimum absolute atomic E-state index is 0.145. The maximum atomic E-state index is 11.8. The van der Waals surface area contributed by atoms with Crippen molar-refractivity contribution in [1.82, 2.24) is 20.3 Å². The van der Waals surface area contributed by atoms with Gasteiger partial charge in [-0.05, 0) is 25.4 Å². The zero-order valence-corrected chi connectivity index (χ0v) is 8.23. The van der Waals surface area contributed by atoms with Crippen LogP contribution in [0.15, 0.2) is 6.20 Å². The van der Waals surface area contributed by atoms with Crippen LogP contribution in [0.3, 0.4) is 0 Å². The van der Waals surface area contributed by atoms with Crippen LogP contribution in [0.5, 0.6) is 0 Å². The van der Waals surface area contributed by atoms with Crippen LogP contribution in [-0.4, -0.2) is 33.9 Å². The summed E-state index contributed by atoms with van der Waals surface area (Å²) in [6.07, 6.45) is 3.23. The summed E-state index contributed by atoms with van der Waals surface area (Å²) < 4.78 is 1.53. The average molecular weight is 194 g/mol. The molecular formula is C9H14N4O. The number of rotatable bonds is 3. The maximum absolute atomic E-state index is 11.8. The van der Waals surface area contributed by atoms with Crippen molar-refractivity contribution in [3.05, 3.63) is 11.9 Å². The van der Waals surface area contributed by atoms with Gasteiger partial charge in [-0.2, -0.15) is 0 Å². The molecule has 0 aliphatic carbocycles. The average Bonchev–Trinajstić information content (AvgIpc) is 2.75. The lowest BCUT2D eigenvalue weighted by Gasteiger charge is -2.05. The molecule has 2 rings (SSSR count). The van der Waals surface area contributed by atoms with Gasteiger partial charge in [-0.3, -0.25) is 4.79 Å². The summed E-state index contributed by atoms with van der Waals surface area (Å²) in [5.41, 5.74) is 0.608. The van der Waals surface area contributed by atoms with Gasteiger partial charge < -0.3 is 5.32 Å². The molecule has 1 N–H and O–H groups in total. The third kappa shape index (κ3) is 1.82. The molecule has 76 valence electrons. The highest BCUT2D eigenvalue weighted by molar-refractivity contribution is 5.94. The van der Waals surface area contributed by atoms with Crippen LogP contribution in [0, 0.1) is 5.92 Å². The number of hydrogen-bond acceptors (Lipinski definition) is 4. The largest absolute Gasteiger partial charge is 0.316 e. The number of aryl methyl sites for hydroxylation is 1. The Morgan fingerprint density at radius 1 is 1.79 bits per heavy atom. The van der Waals surface area contributed by atoms with Gasteiger partial charge in [0.1, 0.15) is 5.69 Å². The Bertz CT molecular complexity index is 327. The van der Waals surface area contributed by atoms with Gasteiger partial charge in [-0.1, -0.05) is 5.21 Å². The molecule has 0 spiro atoms. The first-order valence-electron chi connectivity index (χ1n) is 4.86. The van der Waals surface area contributed by atoms with E-state index < -0.39 is 0 Å². The maximum Gasteiger partial charge on any atom is 0.182 e. The molecular weight excluding hydrogens is 180 g/mol. The van der Waals surface area contributed by atoms with E-state index in [1.165, 1.54) is 10.9 Å². The molecule has 1 saturated heterocycles. The summed E-state index contributed by atoms with van der Waals surface area (Å²) in [6, 6.07) is 0. The van der Waals surface area contributed by atoms with Crippen LogP contribution in [0.2, 0.25) is 0 Å². The van der Waals surface area contributed by atoms with Crippen LogP contribution in [0.25, 0.3) is 0 Å². The zero-order valence-electron chi connectivity index (χ0n) is 8.23. The van der Waals surface area contributed by atoms with E-state index in [4.69, 9.17) is 0 Å². The van der Waals surface area contributed by atoms with Crippen molar-refractivity contribution < 1.29 is 4.79 Å². The Balaban J connectivity index is 1.98. The summed E-state index contributed by atoms with van der Waals surface area (Å²) in [7, 11) is 1.74. The lowest BCUT2D eigenvalue weighted by Crippen LogP contribution is -2.15. The molecule has 14 heavy (non-hydrogen) atoms. The summed E-state index contributed by atoms with van der Waals surface area (Å²) in [5.74, 6) is 0.628. The first kappa shape index (κ1) is 9.33. The molecule has 1 aliphatic rings. The van der Waals surface area contributed by atoms with E-state index in [1.54, 1.807) is 7.05 Å². The number of Topliss-reactive ketones (excluding diaryl/α,β-unsaturated/α-hetero) is 1. The molecule has 0 radical (unpaired) electrons. The van der Waals surface area contributed by atoms with Crippen LogP contribution in [0.4, 0.5) is 0 Å². The second-order valence-electron chi connectivity index (χ2n) is 3.73. The molecule has 1 aromatic rings. The van der Waals surface area contributed by atoms with Gasteiger partial charge >= 0.3 is 0 Å². The quantitative estimate of drug-likeness (QED) is 0.688. The first-order valence-corrected chi connectivity index (χ1v) is 4.86. The van der Waals surface area contributed by atoms with Crippen molar-refractivity contribution in [2.24, 2.45) is 13.0 Å². The Morgan fingerprint density at radius 2 is 2.64 bits per heavy atom. The van der Waals surface area contributed by atoms with Crippen LogP contribution in [0.1, 0.15) is 23.3 Å². The minimum Gasteiger partial charge on any atom is -0.316 e. The van der Waals surface area contributed by atoms with Crippen LogP contribution < -0.4 is 5.32 Å². The highest BCUT2D eigenvalue weighted by atomic mass is 16.1. The number of carbonyl (C=O) groups excluding carboxylic acids is 1. The fourth-order valence-corrected chi connectivity index (χ4v) is 1.80. The van der Waals surface area contributed by atoms with Crippen LogP contribution >= 0.6 is 0 Å². The predicted molar refractivity (Wildman–Crippen MR) is 50.9 cm³/mol. The van der Waals surface area contributed by atoms with Crippen molar-refractivity contribution in [1.29, 1.82) is 0 Å². The van der Waals surface area contributed by atoms with E-state index in [9.17, 15) is 4.79 Å². The second-order valence-corrected chi connectivity index (χ2v) is 3.73. The topological polar surface area (TPSA) is 59.8 Å². The van der Waals surface area contributed by atoms with Crippen molar-refractivity contribution in [3.63, 3.8) is 0 Å². The Kier molecular flexibility index (Phi) is 2.58. The summed E-state index contributed by atoms with van der Waals surface area (Å²) in [6.45, 7) is 1.98. The third-order valence-corrected chi connectivity index (χ3v) is 2.64. The Hall–Kier alpha value is -1.23. The molecule has 1 unspecified atom stereocenters. The van der Waals surface area contributed by atoms with Gasteiger partial charge in [0.25, 0.3) is 0 Å². The van der Waals surface area contributed by atoms with E-state index in [2.05, 4.69) is 15.6 Å². The molecule has 5 nitrogen and oxygen atoms in total. The molecule has 2 heterocycles. The molecule has 1 aliphatic heterocycles. The minimum atomic E-state index is 0.145. The summed E-state index contributed by atoms with van der Waals surface area (Å²) in [4.78, 5) is 11.8. The number of nitrogens with zero attached hydrogens (tertiary/aromatic N) is 3. The van der Waals surface area contributed by atoms with Gasteiger partial charge in [0.2, 0.25) is 0 Å². The number of hydrogen-bond donors (Lipinski definition) is 1. The molecule has 5 heteroatoms. The lowest BCUT2D eigenvalue weighted by atomic mass is 10.0. The van der Waals surface area contributed by atoms with Crippen molar-refractivity contribution >= 4 is 5.78 Å². The number of aromatic nitrogens is 3. The molecule has 1 atom stereocenters. The van der Waals surface area contributed by atoms with Gasteiger partial charge in [0, 0.05) is 13.5 Å². The Morgan fingerprint density at radius 3 is 3.21 bits per heavy atom. The predicted octanol–water partition coefficient (Wildman–Crippen LogP) is -0.00260. The molecule has 0 amide bonds. The number of ketones is 1. The highest BCUT2D eigenvalue weighted by Gasteiger charge is 2.20. The lowest BCUT2D eigenvalue weighted by molar-refractivity contribution is 0.0955. The van der Waals surface area contributed by atoms with Gasteiger partial charge in [-0.15, -0.1) is 5.10 Å². The second kappa shape index (κ2) is 3.88. The van der Waals surface area contributed by atoms with E-state index in [1.807, 2.05) is 0 Å². The van der Waals surface area contributed by atoms with E-state index >= 15 is 0 Å². The Labute approximate surface area is 82.5 Å². The molecule has 1 aromatic heterocycles. The first-order chi connectivity index (χ1) is 6.77. The zero-order chi connectivity index (χ0) is 9.97. The fourth-order valence-electron chi connectivity index (χ4n) is 1.80. The summed E-state index contributed by atoms with van der Waals surface area (Å²) >= 11 is 0. The normalized spacial score (nSPS) is 21.4. The monoisotopic (exact) mass is 194 g/mol.